The highest BCUT2D eigenvalue weighted by Crippen LogP contribution is 2.24. The lowest BCUT2D eigenvalue weighted by Crippen LogP contribution is -1.86. The molecule has 0 atom stereocenters. The van der Waals surface area contributed by atoms with E-state index < -0.39 is 0 Å². The van der Waals surface area contributed by atoms with Gasteiger partial charge in [0.1, 0.15) is 11.5 Å². The minimum atomic E-state index is 0.481. The Morgan fingerprint density at radius 2 is 1.69 bits per heavy atom. The summed E-state index contributed by atoms with van der Waals surface area (Å²) in [7, 11) is 0. The predicted octanol–water partition coefficient (Wildman–Crippen LogP) is 3.57. The number of hydrogen-bond acceptors (Lipinski definition) is 2. The molecule has 0 spiro atoms. The van der Waals surface area contributed by atoms with Crippen LogP contribution < -0.4 is 4.74 Å². The second kappa shape index (κ2) is 4.86. The highest BCUT2D eigenvalue weighted by molar-refractivity contribution is 7.65. The Balaban J connectivity index is 2.21. The summed E-state index contributed by atoms with van der Waals surface area (Å²) in [5.41, 5.74) is 1.09. The largest absolute Gasteiger partial charge is 0.505 e. The number of hydrogen-bond donors (Lipinski definition) is 0. The summed E-state index contributed by atoms with van der Waals surface area (Å²) in [6.45, 7) is 2.00. The number of para-hydroxylation sites is 1. The lowest BCUT2D eigenvalue weighted by Gasteiger charge is -2.07. The summed E-state index contributed by atoms with van der Waals surface area (Å²) in [4.78, 5) is 0.692. The lowest BCUT2D eigenvalue weighted by molar-refractivity contribution is 0.478. The molecule has 80 valence electrons. The van der Waals surface area contributed by atoms with Gasteiger partial charge in [0, 0.05) is 16.3 Å². The van der Waals surface area contributed by atoms with Crippen molar-refractivity contribution >= 4 is 11.7 Å². The first-order valence-electron chi connectivity index (χ1n) is 4.93. The van der Waals surface area contributed by atoms with Crippen LogP contribution in [-0.4, -0.2) is 0 Å². The monoisotopic (exact) mass is 231 g/mol. The van der Waals surface area contributed by atoms with Gasteiger partial charge in [-0.05, 0) is 30.7 Å². The standard InChI is InChI=1S/C13H11O2S/c1-10-4-2-3-5-13(10)15-11-6-8-12(16-14)9-7-11/h2-9H,1H3/q+1. The highest BCUT2D eigenvalue weighted by atomic mass is 32.1. The maximum Gasteiger partial charge on any atom is 0.505 e. The van der Waals surface area contributed by atoms with Crippen molar-refractivity contribution in [2.45, 2.75) is 11.8 Å². The molecule has 3 heteroatoms. The summed E-state index contributed by atoms with van der Waals surface area (Å²) in [6.07, 6.45) is 0. The Labute approximate surface area is 98.4 Å². The molecule has 0 fully saturated rings. The van der Waals surface area contributed by atoms with Crippen molar-refractivity contribution in [1.29, 1.82) is 0 Å². The highest BCUT2D eigenvalue weighted by Gasteiger charge is 2.06. The van der Waals surface area contributed by atoms with Crippen LogP contribution in [0.2, 0.25) is 0 Å². The van der Waals surface area contributed by atoms with Crippen molar-refractivity contribution in [3.63, 3.8) is 0 Å². The zero-order chi connectivity index (χ0) is 11.4. The van der Waals surface area contributed by atoms with Gasteiger partial charge in [0.05, 0.1) is 0 Å². The van der Waals surface area contributed by atoms with Crippen LogP contribution >= 0.6 is 0 Å². The van der Waals surface area contributed by atoms with E-state index in [0.29, 0.717) is 16.6 Å². The minimum absolute atomic E-state index is 0.481. The van der Waals surface area contributed by atoms with Crippen molar-refractivity contribution in [3.8, 4) is 11.5 Å². The van der Waals surface area contributed by atoms with Crippen LogP contribution in [0.25, 0.3) is 0 Å². The van der Waals surface area contributed by atoms with Gasteiger partial charge in [0.15, 0.2) is 0 Å². The molecule has 0 saturated carbocycles. The molecule has 0 aliphatic heterocycles. The summed E-state index contributed by atoms with van der Waals surface area (Å²) in [5.74, 6) is 1.58. The number of rotatable bonds is 3. The summed E-state index contributed by atoms with van der Waals surface area (Å²) >= 11 is 0.481. The minimum Gasteiger partial charge on any atom is -0.457 e. The molecule has 0 N–H and O–H groups in total. The van der Waals surface area contributed by atoms with Gasteiger partial charge in [-0.2, -0.15) is 0 Å². The number of ether oxygens (including phenoxy) is 1. The number of aryl methyl sites for hydroxylation is 1. The molecule has 0 bridgehead atoms. The second-order valence-corrected chi connectivity index (χ2v) is 4.06. The summed E-state index contributed by atoms with van der Waals surface area (Å²) in [5, 5.41) is 0. The van der Waals surface area contributed by atoms with Gasteiger partial charge in [-0.25, -0.2) is 0 Å². The van der Waals surface area contributed by atoms with Gasteiger partial charge in [0.25, 0.3) is 4.90 Å². The summed E-state index contributed by atoms with van der Waals surface area (Å²) < 4.78 is 16.2. The van der Waals surface area contributed by atoms with Gasteiger partial charge in [-0.1, -0.05) is 18.2 Å². The maximum atomic E-state index is 10.5. The molecule has 0 aliphatic carbocycles. The van der Waals surface area contributed by atoms with E-state index in [-0.39, 0.29) is 0 Å². The average molecular weight is 231 g/mol. The van der Waals surface area contributed by atoms with Crippen molar-refractivity contribution < 1.29 is 8.95 Å². The van der Waals surface area contributed by atoms with Gasteiger partial charge in [-0.15, -0.1) is 0 Å². The third-order valence-corrected chi connectivity index (χ3v) is 2.71. The van der Waals surface area contributed by atoms with E-state index in [1.807, 2.05) is 31.2 Å². The van der Waals surface area contributed by atoms with Gasteiger partial charge in [0.2, 0.25) is 0 Å². The van der Waals surface area contributed by atoms with E-state index in [9.17, 15) is 4.21 Å². The summed E-state index contributed by atoms with van der Waals surface area (Å²) in [6, 6.07) is 14.9. The molecular weight excluding hydrogens is 220 g/mol. The molecule has 0 aromatic heterocycles. The Bertz CT molecular complexity index is 492. The normalized spacial score (nSPS) is 9.81. The van der Waals surface area contributed by atoms with Crippen LogP contribution in [0.4, 0.5) is 0 Å². The third kappa shape index (κ3) is 2.44. The smallest absolute Gasteiger partial charge is 0.457 e. The van der Waals surface area contributed by atoms with Gasteiger partial charge < -0.3 is 4.74 Å². The van der Waals surface area contributed by atoms with E-state index >= 15 is 0 Å². The van der Waals surface area contributed by atoms with Gasteiger partial charge in [-0.3, -0.25) is 0 Å². The van der Waals surface area contributed by atoms with E-state index in [2.05, 4.69) is 0 Å². The van der Waals surface area contributed by atoms with Crippen LogP contribution in [0.3, 0.4) is 0 Å². The van der Waals surface area contributed by atoms with Crippen LogP contribution in [0, 0.1) is 6.92 Å². The first kappa shape index (κ1) is 10.8. The first-order chi connectivity index (χ1) is 7.79. The predicted molar refractivity (Wildman–Crippen MR) is 64.0 cm³/mol. The van der Waals surface area contributed by atoms with Crippen molar-refractivity contribution in [1.82, 2.24) is 0 Å². The Morgan fingerprint density at radius 1 is 1.00 bits per heavy atom. The number of benzene rings is 2. The fourth-order valence-corrected chi connectivity index (χ4v) is 1.61. The molecule has 0 heterocycles. The third-order valence-electron chi connectivity index (χ3n) is 2.24. The first-order valence-corrected chi connectivity index (χ1v) is 5.67. The molecular formula is C13H11O2S+. The fourth-order valence-electron chi connectivity index (χ4n) is 1.36. The Kier molecular flexibility index (Phi) is 3.27. The van der Waals surface area contributed by atoms with Crippen molar-refractivity contribution in [2.75, 3.05) is 0 Å². The molecule has 2 nitrogen and oxygen atoms in total. The van der Waals surface area contributed by atoms with E-state index in [1.54, 1.807) is 24.3 Å². The SMILES string of the molecule is Cc1ccccc1Oc1ccc([S+]=O)cc1. The topological polar surface area (TPSA) is 26.3 Å². The van der Waals surface area contributed by atoms with E-state index in [4.69, 9.17) is 4.74 Å². The van der Waals surface area contributed by atoms with Gasteiger partial charge >= 0.3 is 11.7 Å². The Hall–Kier alpha value is -1.74. The molecule has 2 aromatic rings. The molecule has 2 aromatic carbocycles. The quantitative estimate of drug-likeness (QED) is 0.755. The average Bonchev–Trinajstić information content (AvgIpc) is 2.33. The van der Waals surface area contributed by atoms with Crippen LogP contribution in [0.15, 0.2) is 53.4 Å². The van der Waals surface area contributed by atoms with E-state index in [1.165, 1.54) is 0 Å². The van der Waals surface area contributed by atoms with Crippen molar-refractivity contribution in [2.24, 2.45) is 0 Å². The lowest BCUT2D eigenvalue weighted by atomic mass is 10.2. The maximum absolute atomic E-state index is 10.5. The molecule has 0 unspecified atom stereocenters. The molecule has 0 amide bonds. The zero-order valence-corrected chi connectivity index (χ0v) is 9.66. The molecule has 2 rings (SSSR count). The molecule has 0 aliphatic rings. The molecule has 0 radical (unpaired) electrons. The van der Waals surface area contributed by atoms with Crippen LogP contribution in [-0.2, 0) is 15.9 Å². The fraction of sp³-hybridized carbons (Fsp3) is 0.0769. The van der Waals surface area contributed by atoms with E-state index in [0.717, 1.165) is 17.1 Å². The zero-order valence-electron chi connectivity index (χ0n) is 8.84. The van der Waals surface area contributed by atoms with Crippen LogP contribution in [0.1, 0.15) is 5.56 Å². The molecule has 16 heavy (non-hydrogen) atoms. The van der Waals surface area contributed by atoms with Crippen LogP contribution in [0.5, 0.6) is 11.5 Å². The molecule has 0 saturated heterocycles. The second-order valence-electron chi connectivity index (χ2n) is 3.42. The van der Waals surface area contributed by atoms with Crippen molar-refractivity contribution in [3.05, 3.63) is 54.1 Å². The Morgan fingerprint density at radius 3 is 2.31 bits per heavy atom.